The summed E-state index contributed by atoms with van der Waals surface area (Å²) in [5, 5.41) is 141. The third kappa shape index (κ3) is 83.2. The van der Waals surface area contributed by atoms with Gasteiger partial charge in [0.05, 0.1) is 38.2 Å². The van der Waals surface area contributed by atoms with Gasteiger partial charge in [-0.3, -0.25) is 67.1 Å². The molecule has 554 valence electrons. The van der Waals surface area contributed by atoms with Crippen LogP contribution in [0.15, 0.2) is 30.3 Å². The zero-order chi connectivity index (χ0) is 77.0. The smallest absolute Gasteiger partial charge is 0.323 e. The van der Waals surface area contributed by atoms with Crippen LogP contribution in [0.3, 0.4) is 0 Å². The molecule has 40 N–H and O–H groups in total. The van der Waals surface area contributed by atoms with Crippen molar-refractivity contribution in [3.63, 3.8) is 0 Å². The Kier molecular flexibility index (Phi) is 72.1. The molecule has 43 heteroatoms. The lowest BCUT2D eigenvalue weighted by atomic mass is 10.1. The Hall–Kier alpha value is -8.80. The number of carboxylic acid groups (broad SMARTS) is 14. The van der Waals surface area contributed by atoms with Crippen molar-refractivity contribution in [2.75, 3.05) is 26.2 Å². The van der Waals surface area contributed by atoms with Gasteiger partial charge in [-0.2, -0.15) is 0 Å². The molecule has 0 bridgehead atoms. The molecular weight excluding hydrogens is 1290 g/mol. The van der Waals surface area contributed by atoms with Gasteiger partial charge in [0.25, 0.3) is 0 Å². The SMILES string of the molecule is CC(C)C[C@H](N)C(=O)O.C[C@@H](O)[C@H](N)C(=O)O.C[C@@H](O)[C@H](N)C(=O)O.NCC(=O)O.NCCCC[C@H](N)C(=O)O.N[C@@H](CC(=O)O)C(=O)O.N[C@@H](CC(=O)O)C(=O)O.N[C@@H](CCC(=O)O)C(=O)O.N[C@@H](CO)C(=O)O.N[C@@H](Cc1ccccc1)C(=O)O.O=C(O)[C@@H]1CCCN1. The minimum Gasteiger partial charge on any atom is -0.481 e. The first-order valence-corrected chi connectivity index (χ1v) is 27.5. The molecule has 0 spiro atoms. The van der Waals surface area contributed by atoms with E-state index in [0.717, 1.165) is 37.8 Å². The van der Waals surface area contributed by atoms with Crippen LogP contribution in [0.2, 0.25) is 0 Å². The van der Waals surface area contributed by atoms with Crippen molar-refractivity contribution in [2.45, 2.75) is 171 Å². The van der Waals surface area contributed by atoms with Crippen molar-refractivity contribution in [1.29, 1.82) is 0 Å². The summed E-state index contributed by atoms with van der Waals surface area (Å²) in [5.74, 6) is -14.9. The first-order chi connectivity index (χ1) is 43.4. The van der Waals surface area contributed by atoms with Gasteiger partial charge in [-0.25, -0.2) is 0 Å². The number of carbonyl (C=O) groups is 14. The fourth-order valence-corrected chi connectivity index (χ4v) is 4.54. The molecule has 0 saturated carbocycles. The molecule has 95 heavy (non-hydrogen) atoms. The molecule has 1 aliphatic heterocycles. The van der Waals surface area contributed by atoms with Crippen LogP contribution >= 0.6 is 0 Å². The monoisotopic (exact) mass is 1390 g/mol. The predicted octanol–water partition coefficient (Wildman–Crippen LogP) is -7.58. The fraction of sp³-hybridized carbons (Fsp3) is 0.615. The van der Waals surface area contributed by atoms with Gasteiger partial charge in [0.15, 0.2) is 0 Å². The molecular formula is C52H100N12O31. The maximum atomic E-state index is 10.4. The second kappa shape index (κ2) is 65.3. The maximum Gasteiger partial charge on any atom is 0.323 e. The second-order valence-electron chi connectivity index (χ2n) is 19.3. The van der Waals surface area contributed by atoms with Crippen molar-refractivity contribution >= 4 is 83.6 Å². The van der Waals surface area contributed by atoms with E-state index in [9.17, 15) is 67.1 Å². The summed E-state index contributed by atoms with van der Waals surface area (Å²) in [7, 11) is 0. The quantitative estimate of drug-likeness (QED) is 0.0331. The van der Waals surface area contributed by atoms with E-state index >= 15 is 0 Å². The Labute approximate surface area is 543 Å². The first kappa shape index (κ1) is 105. The molecule has 2 rings (SSSR count). The van der Waals surface area contributed by atoms with Crippen molar-refractivity contribution in [2.24, 2.45) is 69.0 Å². The lowest BCUT2D eigenvalue weighted by molar-refractivity contribution is -0.144. The maximum absolute atomic E-state index is 10.4. The molecule has 43 nitrogen and oxygen atoms in total. The Morgan fingerprint density at radius 1 is 0.453 bits per heavy atom. The lowest BCUT2D eigenvalue weighted by Crippen LogP contribution is -2.39. The van der Waals surface area contributed by atoms with Gasteiger partial charge >= 0.3 is 83.6 Å². The van der Waals surface area contributed by atoms with Crippen LogP contribution in [0.4, 0.5) is 0 Å². The number of hydrogen-bond donors (Lipinski definition) is 29. The molecule has 1 aromatic carbocycles. The van der Waals surface area contributed by atoms with E-state index in [-0.39, 0.29) is 25.4 Å². The van der Waals surface area contributed by atoms with Crippen molar-refractivity contribution < 1.29 is 154 Å². The highest BCUT2D eigenvalue weighted by Crippen LogP contribution is 2.04. The van der Waals surface area contributed by atoms with E-state index in [2.05, 4.69) is 11.1 Å². The zero-order valence-corrected chi connectivity index (χ0v) is 52.7. The number of aliphatic hydroxyl groups is 3. The van der Waals surface area contributed by atoms with E-state index in [1.165, 1.54) is 13.8 Å². The van der Waals surface area contributed by atoms with Gasteiger partial charge in [-0.15, -0.1) is 0 Å². The number of nitrogens with one attached hydrogen (secondary N) is 1. The van der Waals surface area contributed by atoms with E-state index in [4.69, 9.17) is 144 Å². The van der Waals surface area contributed by atoms with E-state index in [1.807, 2.05) is 44.2 Å². The molecule has 1 aromatic rings. The summed E-state index contributed by atoms with van der Waals surface area (Å²) in [5.41, 5.74) is 55.8. The van der Waals surface area contributed by atoms with Gasteiger partial charge in [-0.05, 0) is 83.4 Å². The standard InChI is InChI=1S/C9H11NO2.C6H14N2O2.C6H13NO2.C5H9NO4.C5H9NO2.2C4H7NO4.2C4H9NO3.C3H7NO3.C2H5NO2/c10-8(9(11)12)6-7-4-2-1-3-5-7;7-4-2-1-3-5(8)6(9)10;1-4(2)3-5(7)6(8)9;6-3(5(9)10)1-2-4(7)8;7-5(8)4-2-1-3-6-4;2*5-2(4(8)9)1-3(6)7;2*1-2(6)3(5)4(7)8;4-2(1-5)3(6)7;3-1-2(4)5/h1-5,8H,6,10H2,(H,11,12);5H,1-4,7-8H2,(H,9,10);4-5H,3,7H2,1-2H3,(H,8,9);3H,1-2,6H2,(H,7,8)(H,9,10);4,6H,1-3H2,(H,7,8);2*2H,1,5H2,(H,6,7)(H,8,9);2*2-3,6H,5H2,1H3,(H,7,8);2,5H,1,4H2,(H,6,7);1,3H2,(H,4,5)/t8-;2*5-;3-;4-;2*2-;2*2-,3+;2-;/m0000000110./s1. The van der Waals surface area contributed by atoms with Gasteiger partial charge in [0.1, 0.15) is 60.4 Å². The van der Waals surface area contributed by atoms with Gasteiger partial charge in [0.2, 0.25) is 0 Å². The zero-order valence-electron chi connectivity index (χ0n) is 52.7. The van der Waals surface area contributed by atoms with E-state index < -0.39 is 170 Å². The molecule has 1 fully saturated rings. The Balaban J connectivity index is -0.000000123. The van der Waals surface area contributed by atoms with Crippen molar-refractivity contribution in [3.05, 3.63) is 35.9 Å². The summed E-state index contributed by atoms with van der Waals surface area (Å²) in [6.45, 7) is 7.24. The molecule has 12 atom stereocenters. The van der Waals surface area contributed by atoms with Gasteiger partial charge in [0, 0.05) is 6.42 Å². The molecule has 1 heterocycles. The van der Waals surface area contributed by atoms with Crippen LogP contribution in [0, 0.1) is 5.92 Å². The van der Waals surface area contributed by atoms with Crippen molar-refractivity contribution in [1.82, 2.24) is 5.32 Å². The molecule has 1 saturated heterocycles. The molecule has 1 aliphatic rings. The minimum atomic E-state index is -1.29. The average Bonchev–Trinajstić information content (AvgIpc) is 2.28. The molecule has 0 aromatic heterocycles. The van der Waals surface area contributed by atoms with Crippen molar-refractivity contribution in [3.8, 4) is 0 Å². The first-order valence-electron chi connectivity index (χ1n) is 27.5. The van der Waals surface area contributed by atoms with Crippen LogP contribution in [0.1, 0.15) is 97.5 Å². The highest BCUT2D eigenvalue weighted by atomic mass is 16.4. The molecule has 0 amide bonds. The number of unbranched alkanes of at least 4 members (excludes halogenated alkanes) is 1. The number of aliphatic hydroxyl groups excluding tert-OH is 3. The molecule has 0 unspecified atom stereocenters. The summed E-state index contributed by atoms with van der Waals surface area (Å²) in [6, 6.07) is -0.208. The van der Waals surface area contributed by atoms with Crippen LogP contribution in [0.25, 0.3) is 0 Å². The Morgan fingerprint density at radius 3 is 0.979 bits per heavy atom. The predicted molar refractivity (Wildman–Crippen MR) is 330 cm³/mol. The lowest BCUT2D eigenvalue weighted by Gasteiger charge is -2.07. The second-order valence-corrected chi connectivity index (χ2v) is 19.3. The largest absolute Gasteiger partial charge is 0.481 e. The summed E-state index contributed by atoms with van der Waals surface area (Å²) in [6.07, 6.45) is 1.64. The summed E-state index contributed by atoms with van der Waals surface area (Å²) in [4.78, 5) is 138. The minimum absolute atomic E-state index is 0.0231. The number of hydrogen-bond acceptors (Lipinski definition) is 29. The Morgan fingerprint density at radius 2 is 0.800 bits per heavy atom. The summed E-state index contributed by atoms with van der Waals surface area (Å²) < 4.78 is 0. The topological polar surface area (TPSA) is 881 Å². The average molecular weight is 1390 g/mol. The summed E-state index contributed by atoms with van der Waals surface area (Å²) >= 11 is 0. The van der Waals surface area contributed by atoms with Crippen LogP contribution in [0.5, 0.6) is 0 Å². The third-order valence-electron chi connectivity index (χ3n) is 10.0. The number of nitrogens with two attached hydrogens (primary N) is 11. The number of benzene rings is 1. The van der Waals surface area contributed by atoms with Gasteiger partial charge in [-0.1, -0.05) is 50.6 Å². The molecule has 0 aliphatic carbocycles. The van der Waals surface area contributed by atoms with E-state index in [0.29, 0.717) is 31.7 Å². The number of carboxylic acids is 14. The van der Waals surface area contributed by atoms with E-state index in [1.54, 1.807) is 0 Å². The highest BCUT2D eigenvalue weighted by Gasteiger charge is 2.21. The Bertz CT molecular complexity index is 2270. The molecule has 0 radical (unpaired) electrons. The van der Waals surface area contributed by atoms with Crippen LogP contribution < -0.4 is 68.4 Å². The van der Waals surface area contributed by atoms with Crippen LogP contribution in [-0.2, 0) is 73.5 Å². The van der Waals surface area contributed by atoms with Crippen LogP contribution in [-0.4, -0.2) is 269 Å². The van der Waals surface area contributed by atoms with Gasteiger partial charge < -0.3 is 155 Å². The fourth-order valence-electron chi connectivity index (χ4n) is 4.54. The normalized spacial score (nSPS) is 14.6. The number of aliphatic carboxylic acids is 14. The third-order valence-corrected chi connectivity index (χ3v) is 10.0. The number of rotatable bonds is 29. The highest BCUT2D eigenvalue weighted by molar-refractivity contribution is 5.81.